The van der Waals surface area contributed by atoms with Gasteiger partial charge in [-0.1, -0.05) is 39.8 Å². The van der Waals surface area contributed by atoms with E-state index in [2.05, 4.69) is 39.8 Å². The van der Waals surface area contributed by atoms with Crippen LogP contribution in [-0.4, -0.2) is 16.0 Å². The zero-order valence-electron chi connectivity index (χ0n) is 17.4. The minimum Gasteiger partial charge on any atom is -0.508 e. The number of benzene rings is 1. The van der Waals surface area contributed by atoms with Crippen LogP contribution in [0.2, 0.25) is 0 Å². The number of rotatable bonds is 6. The number of fused-ring (bicyclic) bond motifs is 2. The fourth-order valence-electron chi connectivity index (χ4n) is 5.36. The van der Waals surface area contributed by atoms with Gasteiger partial charge in [0.05, 0.1) is 0 Å². The fourth-order valence-corrected chi connectivity index (χ4v) is 5.36. The molecule has 0 amide bonds. The first-order valence-corrected chi connectivity index (χ1v) is 10.3. The Labute approximate surface area is 163 Å². The molecule has 0 aromatic heterocycles. The molecular weight excluding hydrogens is 336 g/mol. The Morgan fingerprint density at radius 2 is 1.85 bits per heavy atom. The predicted octanol–water partition coefficient (Wildman–Crippen LogP) is 5.84. The summed E-state index contributed by atoms with van der Waals surface area (Å²) >= 11 is 0. The number of aromatic hydroxyl groups is 2. The molecule has 3 atom stereocenters. The molecule has 2 bridgehead atoms. The largest absolute Gasteiger partial charge is 0.508 e. The predicted molar refractivity (Wildman–Crippen MR) is 109 cm³/mol. The van der Waals surface area contributed by atoms with Crippen LogP contribution in [-0.2, 0) is 10.2 Å². The molecule has 27 heavy (non-hydrogen) atoms. The van der Waals surface area contributed by atoms with Gasteiger partial charge in [0.2, 0.25) is 0 Å². The standard InChI is InChI=1S/C24H34O3/c1-6-7-8-9-10-23(2,3)15-11-20(26)22(21(27)12-15)16-13-19(25)18-14-17(16)24(18,4)5/h6-7,11-12,16-18,26-27H,8-10,13-14H2,1-5H3/b7-6-/t16?,17-,18+/m1/s1. The second kappa shape index (κ2) is 7.00. The number of hydrogen-bond donors (Lipinski definition) is 2. The maximum Gasteiger partial charge on any atom is 0.137 e. The third-order valence-corrected chi connectivity index (χ3v) is 7.34. The molecule has 0 saturated heterocycles. The van der Waals surface area contributed by atoms with Crippen LogP contribution in [0, 0.1) is 17.3 Å². The summed E-state index contributed by atoms with van der Waals surface area (Å²) in [4.78, 5) is 12.5. The summed E-state index contributed by atoms with van der Waals surface area (Å²) in [7, 11) is 0. The van der Waals surface area contributed by atoms with Crippen LogP contribution in [0.25, 0.3) is 0 Å². The Hall–Kier alpha value is -1.77. The second-order valence-corrected chi connectivity index (χ2v) is 9.77. The normalized spacial score (nSPS) is 27.0. The number of unbranched alkanes of at least 4 members (excludes halogenated alkanes) is 1. The molecule has 3 aliphatic carbocycles. The van der Waals surface area contributed by atoms with E-state index in [-0.39, 0.29) is 39.9 Å². The highest BCUT2D eigenvalue weighted by Gasteiger charge is 2.59. The van der Waals surface area contributed by atoms with E-state index < -0.39 is 0 Å². The maximum atomic E-state index is 12.5. The van der Waals surface area contributed by atoms with Crippen LogP contribution in [0.1, 0.15) is 83.8 Å². The maximum absolute atomic E-state index is 12.5. The third-order valence-electron chi connectivity index (χ3n) is 7.34. The molecule has 0 spiro atoms. The zero-order chi connectivity index (χ0) is 20.0. The van der Waals surface area contributed by atoms with Gasteiger partial charge in [-0.25, -0.2) is 0 Å². The summed E-state index contributed by atoms with van der Waals surface area (Å²) in [5.74, 6) is 0.982. The van der Waals surface area contributed by atoms with E-state index in [1.54, 1.807) is 0 Å². The first-order valence-electron chi connectivity index (χ1n) is 10.3. The number of hydrogen-bond acceptors (Lipinski definition) is 3. The van der Waals surface area contributed by atoms with Crippen LogP contribution >= 0.6 is 0 Å². The molecule has 0 aliphatic heterocycles. The lowest BCUT2D eigenvalue weighted by Crippen LogP contribution is -2.56. The average Bonchev–Trinajstić information content (AvgIpc) is 2.57. The summed E-state index contributed by atoms with van der Waals surface area (Å²) in [6.45, 7) is 10.6. The van der Waals surface area contributed by atoms with Crippen LogP contribution in [0.3, 0.4) is 0 Å². The molecule has 2 N–H and O–H groups in total. The van der Waals surface area contributed by atoms with E-state index >= 15 is 0 Å². The lowest BCUT2D eigenvalue weighted by molar-refractivity contribution is -0.151. The van der Waals surface area contributed by atoms with Gasteiger partial charge in [-0.15, -0.1) is 0 Å². The average molecular weight is 371 g/mol. The molecule has 3 heteroatoms. The smallest absolute Gasteiger partial charge is 0.137 e. The highest BCUT2D eigenvalue weighted by molar-refractivity contribution is 5.86. The van der Waals surface area contributed by atoms with E-state index in [1.165, 1.54) is 0 Å². The Kier molecular flexibility index (Phi) is 5.18. The van der Waals surface area contributed by atoms with Crippen LogP contribution in [0.4, 0.5) is 0 Å². The van der Waals surface area contributed by atoms with Crippen LogP contribution in [0.5, 0.6) is 11.5 Å². The molecule has 3 nitrogen and oxygen atoms in total. The molecule has 3 aliphatic rings. The van der Waals surface area contributed by atoms with Gasteiger partial charge in [0.15, 0.2) is 0 Å². The van der Waals surface area contributed by atoms with Gasteiger partial charge in [0, 0.05) is 23.8 Å². The van der Waals surface area contributed by atoms with Gasteiger partial charge in [0.1, 0.15) is 17.3 Å². The second-order valence-electron chi connectivity index (χ2n) is 9.77. The highest BCUT2D eigenvalue weighted by atomic mass is 16.3. The number of phenols is 2. The lowest BCUT2D eigenvalue weighted by Gasteiger charge is -2.59. The van der Waals surface area contributed by atoms with Crippen molar-refractivity contribution in [1.82, 2.24) is 0 Å². The van der Waals surface area contributed by atoms with Crippen molar-refractivity contribution in [3.8, 4) is 11.5 Å². The number of allylic oxidation sites excluding steroid dienone is 2. The van der Waals surface area contributed by atoms with Gasteiger partial charge in [-0.05, 0) is 67.1 Å². The summed E-state index contributed by atoms with van der Waals surface area (Å²) in [5.41, 5.74) is 1.37. The molecule has 0 radical (unpaired) electrons. The van der Waals surface area contributed by atoms with Gasteiger partial charge in [-0.3, -0.25) is 4.79 Å². The van der Waals surface area contributed by atoms with Crippen molar-refractivity contribution in [2.24, 2.45) is 17.3 Å². The molecule has 3 saturated carbocycles. The monoisotopic (exact) mass is 370 g/mol. The van der Waals surface area contributed by atoms with Crippen molar-refractivity contribution in [1.29, 1.82) is 0 Å². The Bertz CT molecular complexity index is 734. The first kappa shape index (κ1) is 20.0. The number of ketones is 1. The summed E-state index contributed by atoms with van der Waals surface area (Å²) in [6.07, 6.45) is 8.64. The number of Topliss-reactive ketones (excluding diaryl/α,β-unsaturated/α-hetero) is 1. The van der Waals surface area contributed by atoms with E-state index in [9.17, 15) is 15.0 Å². The molecule has 1 unspecified atom stereocenters. The highest BCUT2D eigenvalue weighted by Crippen LogP contribution is 2.64. The molecule has 4 rings (SSSR count). The Balaban J connectivity index is 1.86. The minimum atomic E-state index is -0.127. The lowest BCUT2D eigenvalue weighted by atomic mass is 9.44. The molecule has 3 fully saturated rings. The number of phenolic OH excluding ortho intramolecular Hbond substituents is 2. The SMILES string of the molecule is C/C=C\CCCC(C)(C)c1cc(O)c(C2CC(=O)[C@@H]3C[C@H]2C3(C)C)c(O)c1. The van der Waals surface area contributed by atoms with Gasteiger partial charge >= 0.3 is 0 Å². The molecule has 148 valence electrons. The van der Waals surface area contributed by atoms with Crippen molar-refractivity contribution in [2.75, 3.05) is 0 Å². The van der Waals surface area contributed by atoms with Crippen molar-refractivity contribution >= 4 is 5.78 Å². The van der Waals surface area contributed by atoms with Crippen molar-refractivity contribution in [3.05, 3.63) is 35.4 Å². The Morgan fingerprint density at radius 3 is 2.37 bits per heavy atom. The van der Waals surface area contributed by atoms with Gasteiger partial charge < -0.3 is 10.2 Å². The van der Waals surface area contributed by atoms with Crippen molar-refractivity contribution in [2.45, 2.75) is 78.1 Å². The van der Waals surface area contributed by atoms with E-state index in [1.807, 2.05) is 19.1 Å². The van der Waals surface area contributed by atoms with Gasteiger partial charge in [-0.2, -0.15) is 0 Å². The van der Waals surface area contributed by atoms with Gasteiger partial charge in [0.25, 0.3) is 0 Å². The first-order chi connectivity index (χ1) is 12.6. The number of carbonyl (C=O) groups excluding carboxylic acids is 1. The Morgan fingerprint density at radius 1 is 1.22 bits per heavy atom. The van der Waals surface area contributed by atoms with Crippen LogP contribution in [0.15, 0.2) is 24.3 Å². The summed E-state index contributed by atoms with van der Waals surface area (Å²) in [6, 6.07) is 3.62. The zero-order valence-corrected chi connectivity index (χ0v) is 17.4. The quantitative estimate of drug-likeness (QED) is 0.488. The third kappa shape index (κ3) is 3.41. The van der Waals surface area contributed by atoms with E-state index in [0.29, 0.717) is 17.9 Å². The molecular formula is C24H34O3. The summed E-state index contributed by atoms with van der Waals surface area (Å²) < 4.78 is 0. The molecule has 0 heterocycles. The number of carbonyl (C=O) groups is 1. The van der Waals surface area contributed by atoms with E-state index in [4.69, 9.17) is 0 Å². The topological polar surface area (TPSA) is 57.5 Å². The molecule has 1 aromatic rings. The minimum absolute atomic E-state index is 0.0381. The van der Waals surface area contributed by atoms with Crippen molar-refractivity contribution in [3.63, 3.8) is 0 Å². The molecule has 1 aromatic carbocycles. The van der Waals surface area contributed by atoms with Crippen LogP contribution < -0.4 is 0 Å². The van der Waals surface area contributed by atoms with E-state index in [0.717, 1.165) is 31.2 Å². The van der Waals surface area contributed by atoms with Crippen molar-refractivity contribution < 1.29 is 15.0 Å². The summed E-state index contributed by atoms with van der Waals surface area (Å²) in [5, 5.41) is 21.6. The fraction of sp³-hybridized carbons (Fsp3) is 0.625.